The summed E-state index contributed by atoms with van der Waals surface area (Å²) in [7, 11) is 3.34. The summed E-state index contributed by atoms with van der Waals surface area (Å²) < 4.78 is 10.6. The number of anilines is 1. The van der Waals surface area contributed by atoms with Gasteiger partial charge in [0, 0.05) is 6.54 Å². The van der Waals surface area contributed by atoms with Crippen molar-refractivity contribution in [2.75, 3.05) is 19.5 Å². The van der Waals surface area contributed by atoms with Gasteiger partial charge in [-0.2, -0.15) is 0 Å². The molecule has 1 heterocycles. The third kappa shape index (κ3) is 3.60. The fourth-order valence-electron chi connectivity index (χ4n) is 3.20. The normalized spacial score (nSPS) is 10.6. The van der Waals surface area contributed by atoms with Gasteiger partial charge in [0.2, 0.25) is 0 Å². The molecule has 0 bridgehead atoms. The Morgan fingerprint density at radius 2 is 1.61 bits per heavy atom. The lowest BCUT2D eigenvalue weighted by Gasteiger charge is -2.13. The van der Waals surface area contributed by atoms with Crippen molar-refractivity contribution in [3.05, 3.63) is 78.6 Å². The van der Waals surface area contributed by atoms with E-state index in [0.717, 1.165) is 44.9 Å². The second kappa shape index (κ2) is 7.96. The number of fused-ring (bicyclic) bond motifs is 1. The van der Waals surface area contributed by atoms with Gasteiger partial charge in [0.25, 0.3) is 0 Å². The van der Waals surface area contributed by atoms with Crippen molar-refractivity contribution in [2.45, 2.75) is 6.54 Å². The number of nitrogens with zero attached hydrogens (tertiary/aromatic N) is 2. The molecule has 3 aromatic carbocycles. The van der Waals surface area contributed by atoms with E-state index in [9.17, 15) is 0 Å². The van der Waals surface area contributed by atoms with Crippen LogP contribution in [0.25, 0.3) is 22.0 Å². The summed E-state index contributed by atoms with van der Waals surface area (Å²) >= 11 is 0. The molecule has 1 N–H and O–H groups in total. The maximum atomic E-state index is 5.39. The van der Waals surface area contributed by atoms with Crippen molar-refractivity contribution in [3.8, 4) is 22.6 Å². The number of rotatable bonds is 6. The second-order valence-corrected chi connectivity index (χ2v) is 6.36. The van der Waals surface area contributed by atoms with Crippen molar-refractivity contribution >= 4 is 16.7 Å². The maximum Gasteiger partial charge on any atom is 0.138 e. The van der Waals surface area contributed by atoms with E-state index in [0.29, 0.717) is 6.54 Å². The van der Waals surface area contributed by atoms with Gasteiger partial charge in [-0.3, -0.25) is 0 Å². The molecule has 5 nitrogen and oxygen atoms in total. The summed E-state index contributed by atoms with van der Waals surface area (Å²) in [6.45, 7) is 0.655. The van der Waals surface area contributed by atoms with E-state index in [2.05, 4.69) is 27.4 Å². The van der Waals surface area contributed by atoms with Gasteiger partial charge in [0.05, 0.1) is 25.1 Å². The van der Waals surface area contributed by atoms with E-state index in [-0.39, 0.29) is 0 Å². The Morgan fingerprint density at radius 1 is 0.821 bits per heavy atom. The van der Waals surface area contributed by atoms with Crippen LogP contribution in [0.3, 0.4) is 0 Å². The lowest BCUT2D eigenvalue weighted by molar-refractivity contribution is 0.414. The van der Waals surface area contributed by atoms with Crippen LogP contribution in [0.1, 0.15) is 5.56 Å². The molecule has 0 radical (unpaired) electrons. The lowest BCUT2D eigenvalue weighted by Crippen LogP contribution is -2.03. The molecule has 0 aliphatic rings. The van der Waals surface area contributed by atoms with Gasteiger partial charge in [-0.05, 0) is 47.0 Å². The predicted octanol–water partition coefficient (Wildman–Crippen LogP) is 4.93. The largest absolute Gasteiger partial charge is 0.497 e. The van der Waals surface area contributed by atoms with E-state index in [1.807, 2.05) is 54.6 Å². The minimum atomic E-state index is 0.655. The van der Waals surface area contributed by atoms with Crippen LogP contribution < -0.4 is 14.8 Å². The fraction of sp³-hybridized carbons (Fsp3) is 0.130. The first-order valence-electron chi connectivity index (χ1n) is 9.03. The molecule has 0 saturated carbocycles. The molecule has 5 heteroatoms. The zero-order valence-electron chi connectivity index (χ0n) is 15.8. The van der Waals surface area contributed by atoms with Crippen LogP contribution in [0.2, 0.25) is 0 Å². The lowest BCUT2D eigenvalue weighted by atomic mass is 10.0. The Morgan fingerprint density at radius 3 is 2.39 bits per heavy atom. The zero-order chi connectivity index (χ0) is 19.3. The maximum absolute atomic E-state index is 5.39. The predicted molar refractivity (Wildman–Crippen MR) is 112 cm³/mol. The number of ether oxygens (including phenoxy) is 2. The van der Waals surface area contributed by atoms with Crippen molar-refractivity contribution in [3.63, 3.8) is 0 Å². The first-order valence-corrected chi connectivity index (χ1v) is 9.03. The van der Waals surface area contributed by atoms with Gasteiger partial charge < -0.3 is 14.8 Å². The third-order valence-electron chi connectivity index (χ3n) is 4.66. The van der Waals surface area contributed by atoms with Gasteiger partial charge in [0.15, 0.2) is 0 Å². The summed E-state index contributed by atoms with van der Waals surface area (Å²) in [4.78, 5) is 8.96. The van der Waals surface area contributed by atoms with E-state index >= 15 is 0 Å². The molecule has 0 saturated heterocycles. The Labute approximate surface area is 164 Å². The van der Waals surface area contributed by atoms with Crippen LogP contribution in [0.4, 0.5) is 5.82 Å². The number of methoxy groups -OCH3 is 2. The monoisotopic (exact) mass is 371 g/mol. The molecule has 0 aliphatic carbocycles. The summed E-state index contributed by atoms with van der Waals surface area (Å²) in [5, 5.41) is 4.45. The molecule has 140 valence electrons. The molecule has 0 spiro atoms. The fourth-order valence-corrected chi connectivity index (χ4v) is 3.20. The SMILES string of the molecule is COc1ccc(CNc2ncnc3cccc(-c4cccc(OC)c4)c23)cc1. The number of hydrogen-bond donors (Lipinski definition) is 1. The first-order chi connectivity index (χ1) is 13.8. The van der Waals surface area contributed by atoms with Crippen molar-refractivity contribution in [1.29, 1.82) is 0 Å². The smallest absolute Gasteiger partial charge is 0.138 e. The van der Waals surface area contributed by atoms with Gasteiger partial charge in [-0.25, -0.2) is 9.97 Å². The topological polar surface area (TPSA) is 56.3 Å². The van der Waals surface area contributed by atoms with E-state index < -0.39 is 0 Å². The molecule has 4 rings (SSSR count). The highest BCUT2D eigenvalue weighted by Crippen LogP contribution is 2.33. The summed E-state index contributed by atoms with van der Waals surface area (Å²) in [5.41, 5.74) is 4.17. The molecule has 28 heavy (non-hydrogen) atoms. The molecule has 1 aromatic heterocycles. The Bertz CT molecular complexity index is 1090. The molecule has 0 aliphatic heterocycles. The van der Waals surface area contributed by atoms with Crippen molar-refractivity contribution in [2.24, 2.45) is 0 Å². The summed E-state index contributed by atoms with van der Waals surface area (Å²) in [6, 6.07) is 22.1. The minimum Gasteiger partial charge on any atom is -0.497 e. The highest BCUT2D eigenvalue weighted by molar-refractivity contribution is 6.01. The van der Waals surface area contributed by atoms with E-state index in [4.69, 9.17) is 9.47 Å². The number of benzene rings is 3. The molecular formula is C23H21N3O2. The average Bonchev–Trinajstić information content (AvgIpc) is 2.77. The molecule has 0 unspecified atom stereocenters. The number of hydrogen-bond acceptors (Lipinski definition) is 5. The zero-order valence-corrected chi connectivity index (χ0v) is 15.8. The summed E-state index contributed by atoms with van der Waals surface area (Å²) in [6.07, 6.45) is 1.59. The van der Waals surface area contributed by atoms with Crippen LogP contribution in [0.5, 0.6) is 11.5 Å². The van der Waals surface area contributed by atoms with Crippen LogP contribution in [-0.4, -0.2) is 24.2 Å². The molecular weight excluding hydrogens is 350 g/mol. The quantitative estimate of drug-likeness (QED) is 0.521. The number of nitrogens with one attached hydrogen (secondary N) is 1. The van der Waals surface area contributed by atoms with E-state index in [1.165, 1.54) is 0 Å². The first kappa shape index (κ1) is 17.8. The number of aromatic nitrogens is 2. The van der Waals surface area contributed by atoms with Crippen molar-refractivity contribution < 1.29 is 9.47 Å². The van der Waals surface area contributed by atoms with Gasteiger partial charge >= 0.3 is 0 Å². The highest BCUT2D eigenvalue weighted by Gasteiger charge is 2.11. The summed E-state index contributed by atoms with van der Waals surface area (Å²) in [5.74, 6) is 2.47. The highest BCUT2D eigenvalue weighted by atomic mass is 16.5. The Kier molecular flexibility index (Phi) is 5.06. The third-order valence-corrected chi connectivity index (χ3v) is 4.66. The van der Waals surface area contributed by atoms with Crippen LogP contribution in [0, 0.1) is 0 Å². The van der Waals surface area contributed by atoms with Gasteiger partial charge in [-0.1, -0.05) is 36.4 Å². The van der Waals surface area contributed by atoms with Crippen molar-refractivity contribution in [1.82, 2.24) is 9.97 Å². The van der Waals surface area contributed by atoms with Crippen LogP contribution >= 0.6 is 0 Å². The molecule has 4 aromatic rings. The average molecular weight is 371 g/mol. The molecule has 0 fully saturated rings. The van der Waals surface area contributed by atoms with Gasteiger partial charge in [0.1, 0.15) is 23.6 Å². The van der Waals surface area contributed by atoms with E-state index in [1.54, 1.807) is 20.5 Å². The second-order valence-electron chi connectivity index (χ2n) is 6.36. The Hall–Kier alpha value is -3.60. The van der Waals surface area contributed by atoms with Crippen LogP contribution in [0.15, 0.2) is 73.1 Å². The standard InChI is InChI=1S/C23H21N3O2/c1-27-18-11-9-16(10-12-18)14-24-23-22-20(7-4-8-21(22)25-15-26-23)17-5-3-6-19(13-17)28-2/h3-13,15H,14H2,1-2H3,(H,24,25,26). The minimum absolute atomic E-state index is 0.655. The van der Waals surface area contributed by atoms with Gasteiger partial charge in [-0.15, -0.1) is 0 Å². The molecule has 0 atom stereocenters. The Balaban J connectivity index is 1.72. The van der Waals surface area contributed by atoms with Crippen LogP contribution in [-0.2, 0) is 6.54 Å². The molecule has 0 amide bonds.